The number of hydrogen-bond donors (Lipinski definition) is 0. The maximum Gasteiger partial charge on any atom is 0.422 e. The first-order valence-corrected chi connectivity index (χ1v) is 12.8. The van der Waals surface area contributed by atoms with Gasteiger partial charge in [0.25, 0.3) is 10.1 Å². The van der Waals surface area contributed by atoms with E-state index < -0.39 is 34.1 Å². The number of aryl methyl sites for hydroxylation is 1. The monoisotopic (exact) mass is 516 g/mol. The predicted molar refractivity (Wildman–Crippen MR) is 130 cm³/mol. The van der Waals surface area contributed by atoms with Crippen LogP contribution in [0.2, 0.25) is 0 Å². The van der Waals surface area contributed by atoms with E-state index >= 15 is 0 Å². The van der Waals surface area contributed by atoms with Crippen LogP contribution in [0.3, 0.4) is 0 Å². The lowest BCUT2D eigenvalue weighted by Gasteiger charge is -2.23. The molecule has 1 aliphatic rings. The van der Waals surface area contributed by atoms with Crippen molar-refractivity contribution < 1.29 is 31.7 Å². The van der Waals surface area contributed by atoms with Gasteiger partial charge in [-0.1, -0.05) is 17.7 Å². The van der Waals surface area contributed by atoms with Gasteiger partial charge in [-0.05, 0) is 58.7 Å². The minimum atomic E-state index is -3.90. The molecule has 192 valence electrons. The number of fused-ring (bicyclic) bond motifs is 1. The molecule has 0 saturated carbocycles. The summed E-state index contributed by atoms with van der Waals surface area (Å²) in [6.45, 7) is 6.84. The molecule has 0 bridgehead atoms. The Kier molecular flexibility index (Phi) is 7.12. The maximum atomic E-state index is 12.5. The zero-order valence-corrected chi connectivity index (χ0v) is 21.3. The molecule has 2 unspecified atom stereocenters. The average molecular weight is 517 g/mol. The van der Waals surface area contributed by atoms with Crippen molar-refractivity contribution in [2.45, 2.75) is 63.4 Å². The van der Waals surface area contributed by atoms with E-state index in [1.54, 1.807) is 49.7 Å². The van der Waals surface area contributed by atoms with Crippen molar-refractivity contribution in [1.82, 2.24) is 14.5 Å². The van der Waals surface area contributed by atoms with E-state index in [1.807, 2.05) is 6.92 Å². The lowest BCUT2D eigenvalue weighted by atomic mass is 10.2. The molecule has 1 aromatic carbocycles. The average Bonchev–Trinajstić information content (AvgIpc) is 3.45. The number of hydrogen-bond acceptors (Lipinski definition) is 9. The van der Waals surface area contributed by atoms with Crippen LogP contribution in [0.4, 0.5) is 10.6 Å². The highest BCUT2D eigenvalue weighted by molar-refractivity contribution is 7.86. The molecular weight excluding hydrogens is 488 g/mol. The summed E-state index contributed by atoms with van der Waals surface area (Å²) in [5.74, 6) is 0.0880. The summed E-state index contributed by atoms with van der Waals surface area (Å²) >= 11 is 0. The number of benzene rings is 1. The molecular formula is C24H28N4O7S. The second-order valence-corrected chi connectivity index (χ2v) is 11.1. The van der Waals surface area contributed by atoms with E-state index in [0.717, 1.165) is 10.5 Å². The second-order valence-electron chi connectivity index (χ2n) is 9.46. The Bertz CT molecular complexity index is 1360. The predicted octanol–water partition coefficient (Wildman–Crippen LogP) is 3.72. The number of amides is 2. The minimum Gasteiger partial charge on any atom is -0.443 e. The van der Waals surface area contributed by atoms with Gasteiger partial charge >= 0.3 is 6.09 Å². The molecule has 12 heteroatoms. The van der Waals surface area contributed by atoms with Crippen molar-refractivity contribution in [1.29, 1.82) is 0 Å². The van der Waals surface area contributed by atoms with Crippen molar-refractivity contribution in [3.05, 3.63) is 48.4 Å². The largest absolute Gasteiger partial charge is 0.443 e. The Morgan fingerprint density at radius 1 is 1.19 bits per heavy atom. The van der Waals surface area contributed by atoms with Crippen LogP contribution in [0.5, 0.6) is 0 Å². The molecule has 2 amide bonds. The van der Waals surface area contributed by atoms with E-state index in [2.05, 4.69) is 9.97 Å². The number of carbonyl (C=O) groups excluding carboxylic acids is 2. The summed E-state index contributed by atoms with van der Waals surface area (Å²) in [5.41, 5.74) is 0.608. The molecule has 3 heterocycles. The number of carbonyl (C=O) groups is 2. The molecule has 2 aromatic heterocycles. The van der Waals surface area contributed by atoms with E-state index in [0.29, 0.717) is 30.3 Å². The maximum absolute atomic E-state index is 12.5. The molecule has 0 radical (unpaired) electrons. The molecule has 0 aliphatic carbocycles. The van der Waals surface area contributed by atoms with Crippen LogP contribution in [0.25, 0.3) is 11.0 Å². The summed E-state index contributed by atoms with van der Waals surface area (Å²) in [5, 5.41) is 0.459. The van der Waals surface area contributed by atoms with Gasteiger partial charge in [-0.25, -0.2) is 14.8 Å². The van der Waals surface area contributed by atoms with Crippen LogP contribution < -0.4 is 4.90 Å². The Morgan fingerprint density at radius 3 is 2.58 bits per heavy atom. The molecule has 1 aliphatic heterocycles. The summed E-state index contributed by atoms with van der Waals surface area (Å²) in [6, 6.07) is 8.11. The van der Waals surface area contributed by atoms with E-state index in [9.17, 15) is 18.0 Å². The van der Waals surface area contributed by atoms with Gasteiger partial charge in [-0.15, -0.1) is 0 Å². The van der Waals surface area contributed by atoms with Crippen LogP contribution in [0.15, 0.2) is 47.8 Å². The number of nitrogens with zero attached hydrogens (tertiary/aromatic N) is 4. The van der Waals surface area contributed by atoms with Crippen molar-refractivity contribution >= 4 is 39.5 Å². The zero-order chi connectivity index (χ0) is 26.1. The minimum absolute atomic E-state index is 0.0880. The molecule has 2 atom stereocenters. The molecule has 1 fully saturated rings. The van der Waals surface area contributed by atoms with Crippen LogP contribution >= 0.6 is 0 Å². The SMILES string of the molecule is Cc1ccc(S(=O)(=O)OCC2CCC(n3ccc4c(N(C=O)C(=O)OC(C)(C)C)ncnc43)O2)cc1. The third-order valence-corrected chi connectivity index (χ3v) is 6.82. The Labute approximate surface area is 209 Å². The van der Waals surface area contributed by atoms with Gasteiger partial charge in [-0.3, -0.25) is 8.98 Å². The van der Waals surface area contributed by atoms with Gasteiger partial charge in [0, 0.05) is 6.20 Å². The molecule has 1 saturated heterocycles. The first-order chi connectivity index (χ1) is 17.0. The molecule has 0 spiro atoms. The first-order valence-electron chi connectivity index (χ1n) is 11.4. The topological polar surface area (TPSA) is 130 Å². The number of aromatic nitrogens is 3. The lowest BCUT2D eigenvalue weighted by Crippen LogP contribution is -2.36. The van der Waals surface area contributed by atoms with Gasteiger partial charge in [-0.2, -0.15) is 13.3 Å². The molecule has 11 nitrogen and oxygen atoms in total. The third kappa shape index (κ3) is 5.55. The number of ether oxygens (including phenoxy) is 2. The summed E-state index contributed by atoms with van der Waals surface area (Å²) in [6.07, 6.45) is 2.75. The van der Waals surface area contributed by atoms with Gasteiger partial charge in [0.1, 0.15) is 23.8 Å². The first kappa shape index (κ1) is 25.7. The van der Waals surface area contributed by atoms with E-state index in [-0.39, 0.29) is 17.3 Å². The summed E-state index contributed by atoms with van der Waals surface area (Å²) in [7, 11) is -3.90. The lowest BCUT2D eigenvalue weighted by molar-refractivity contribution is -0.107. The Balaban J connectivity index is 1.48. The molecule has 0 N–H and O–H groups in total. The van der Waals surface area contributed by atoms with Crippen molar-refractivity contribution in [2.75, 3.05) is 11.5 Å². The van der Waals surface area contributed by atoms with Crippen molar-refractivity contribution in [3.63, 3.8) is 0 Å². The smallest absolute Gasteiger partial charge is 0.422 e. The van der Waals surface area contributed by atoms with Crippen LogP contribution in [0.1, 0.15) is 45.4 Å². The van der Waals surface area contributed by atoms with Crippen molar-refractivity contribution in [3.8, 4) is 0 Å². The highest BCUT2D eigenvalue weighted by Crippen LogP contribution is 2.33. The summed E-state index contributed by atoms with van der Waals surface area (Å²) < 4.78 is 43.3. The van der Waals surface area contributed by atoms with Crippen LogP contribution in [-0.2, 0) is 28.6 Å². The fraction of sp³-hybridized carbons (Fsp3) is 0.417. The zero-order valence-electron chi connectivity index (χ0n) is 20.4. The Morgan fingerprint density at radius 2 is 1.92 bits per heavy atom. The van der Waals surface area contributed by atoms with Crippen molar-refractivity contribution in [2.24, 2.45) is 0 Å². The Hall–Kier alpha value is -3.35. The number of anilines is 1. The fourth-order valence-electron chi connectivity index (χ4n) is 3.82. The van der Waals surface area contributed by atoms with E-state index in [4.69, 9.17) is 13.7 Å². The number of imide groups is 1. The van der Waals surface area contributed by atoms with Crippen LogP contribution in [-0.4, -0.2) is 53.8 Å². The fourth-order valence-corrected chi connectivity index (χ4v) is 4.76. The normalized spacial score (nSPS) is 18.3. The number of rotatable bonds is 7. The van der Waals surface area contributed by atoms with E-state index in [1.165, 1.54) is 18.5 Å². The molecule has 3 aromatic rings. The van der Waals surface area contributed by atoms with Gasteiger partial charge in [0.15, 0.2) is 5.82 Å². The standard InChI is InChI=1S/C24H28N4O7S/c1-16-5-8-18(9-6-16)36(31,32)33-13-17-7-10-20(34-17)27-12-11-19-21(27)25-14-26-22(19)28(15-29)23(30)35-24(2,3)4/h5-6,8-9,11-12,14-15,17,20H,7,10,13H2,1-4H3. The van der Waals surface area contributed by atoms with Crippen LogP contribution in [0, 0.1) is 6.92 Å². The quantitative estimate of drug-likeness (QED) is 0.341. The third-order valence-electron chi connectivity index (χ3n) is 5.53. The molecule has 4 rings (SSSR count). The summed E-state index contributed by atoms with van der Waals surface area (Å²) in [4.78, 5) is 33.6. The highest BCUT2D eigenvalue weighted by atomic mass is 32.2. The van der Waals surface area contributed by atoms with Gasteiger partial charge < -0.3 is 14.0 Å². The second kappa shape index (κ2) is 9.96. The molecule has 36 heavy (non-hydrogen) atoms. The van der Waals surface area contributed by atoms with Gasteiger partial charge in [0.2, 0.25) is 6.41 Å². The highest BCUT2D eigenvalue weighted by Gasteiger charge is 2.31. The van der Waals surface area contributed by atoms with Gasteiger partial charge in [0.05, 0.1) is 23.0 Å².